The number of aryl methyl sites for hydroxylation is 1. The third-order valence-corrected chi connectivity index (χ3v) is 4.50. The normalized spacial score (nSPS) is 11.3. The van der Waals surface area contributed by atoms with Crippen molar-refractivity contribution in [3.63, 3.8) is 0 Å². The molecule has 1 N–H and O–H groups in total. The van der Waals surface area contributed by atoms with Crippen LogP contribution in [-0.2, 0) is 14.8 Å². The maximum absolute atomic E-state index is 12.1. The Kier molecular flexibility index (Phi) is 6.40. The van der Waals surface area contributed by atoms with Gasteiger partial charge in [-0.15, -0.1) is 6.58 Å². The molecule has 0 radical (unpaired) electrons. The van der Waals surface area contributed by atoms with Gasteiger partial charge < -0.3 is 10.1 Å². The summed E-state index contributed by atoms with van der Waals surface area (Å²) in [5.41, 5.74) is 1.20. The number of benzene rings is 1. The number of carbonyl (C=O) groups excluding carboxylic acids is 1. The third kappa shape index (κ3) is 5.01. The van der Waals surface area contributed by atoms with Crippen molar-refractivity contribution >= 4 is 33.2 Å². The SMILES string of the molecule is C=CCN(CC(=O)Nc1cc(C)c(Cl)cc1OC)S(C)(=O)=O. The van der Waals surface area contributed by atoms with Gasteiger partial charge in [0, 0.05) is 17.6 Å². The van der Waals surface area contributed by atoms with E-state index in [-0.39, 0.29) is 13.1 Å². The molecule has 1 amide bonds. The van der Waals surface area contributed by atoms with Gasteiger partial charge in [-0.25, -0.2) is 8.42 Å². The Labute approximate surface area is 135 Å². The van der Waals surface area contributed by atoms with Gasteiger partial charge in [0.1, 0.15) is 5.75 Å². The van der Waals surface area contributed by atoms with Crippen molar-refractivity contribution in [3.8, 4) is 5.75 Å². The van der Waals surface area contributed by atoms with E-state index >= 15 is 0 Å². The highest BCUT2D eigenvalue weighted by Gasteiger charge is 2.19. The summed E-state index contributed by atoms with van der Waals surface area (Å²) in [5.74, 6) is -0.0779. The molecule has 122 valence electrons. The maximum Gasteiger partial charge on any atom is 0.239 e. The van der Waals surface area contributed by atoms with E-state index in [1.54, 1.807) is 19.1 Å². The van der Waals surface area contributed by atoms with Gasteiger partial charge in [0.25, 0.3) is 0 Å². The topological polar surface area (TPSA) is 75.7 Å². The van der Waals surface area contributed by atoms with Crippen LogP contribution in [0.5, 0.6) is 5.75 Å². The maximum atomic E-state index is 12.1. The van der Waals surface area contributed by atoms with Crippen LogP contribution in [0.1, 0.15) is 5.56 Å². The number of halogens is 1. The minimum Gasteiger partial charge on any atom is -0.495 e. The van der Waals surface area contributed by atoms with E-state index in [1.165, 1.54) is 13.2 Å². The Morgan fingerprint density at radius 1 is 1.50 bits per heavy atom. The molecule has 1 rings (SSSR count). The molecule has 22 heavy (non-hydrogen) atoms. The third-order valence-electron chi connectivity index (χ3n) is 2.88. The lowest BCUT2D eigenvalue weighted by Crippen LogP contribution is -2.37. The molecule has 1 aromatic rings. The van der Waals surface area contributed by atoms with Crippen LogP contribution in [0.25, 0.3) is 0 Å². The summed E-state index contributed by atoms with van der Waals surface area (Å²) in [6, 6.07) is 3.25. The largest absolute Gasteiger partial charge is 0.495 e. The van der Waals surface area contributed by atoms with Gasteiger partial charge in [0.2, 0.25) is 15.9 Å². The van der Waals surface area contributed by atoms with Crippen LogP contribution >= 0.6 is 11.6 Å². The van der Waals surface area contributed by atoms with Crippen LogP contribution in [0.15, 0.2) is 24.8 Å². The summed E-state index contributed by atoms with van der Waals surface area (Å²) in [6.45, 7) is 5.02. The van der Waals surface area contributed by atoms with E-state index in [1.807, 2.05) is 0 Å². The van der Waals surface area contributed by atoms with Gasteiger partial charge in [-0.05, 0) is 18.6 Å². The lowest BCUT2D eigenvalue weighted by Gasteiger charge is -2.18. The van der Waals surface area contributed by atoms with Gasteiger partial charge in [-0.3, -0.25) is 4.79 Å². The molecule has 8 heteroatoms. The summed E-state index contributed by atoms with van der Waals surface area (Å²) >= 11 is 6.00. The Hall–Kier alpha value is -1.57. The molecule has 0 aromatic heterocycles. The predicted octanol–water partition coefficient (Wildman–Crippen LogP) is 2.04. The standard InChI is InChI=1S/C14H19ClN2O4S/c1-5-6-17(22(4,19)20)9-14(18)16-12-7-10(2)11(15)8-13(12)21-3/h5,7-8H,1,6,9H2,2-4H3,(H,16,18). The molecule has 1 aromatic carbocycles. The predicted molar refractivity (Wildman–Crippen MR) is 88.0 cm³/mol. The van der Waals surface area contributed by atoms with Gasteiger partial charge in [0.05, 0.1) is 25.6 Å². The van der Waals surface area contributed by atoms with Gasteiger partial charge in [0.15, 0.2) is 0 Å². The molecular formula is C14H19ClN2O4S. The van der Waals surface area contributed by atoms with E-state index in [4.69, 9.17) is 16.3 Å². The molecule has 0 aliphatic rings. The molecule has 0 heterocycles. The molecular weight excluding hydrogens is 328 g/mol. The monoisotopic (exact) mass is 346 g/mol. The first-order valence-corrected chi connectivity index (χ1v) is 8.61. The summed E-state index contributed by atoms with van der Waals surface area (Å²) in [7, 11) is -2.04. The fourth-order valence-corrected chi connectivity index (χ4v) is 2.62. The Balaban J connectivity index is 2.93. The Bertz CT molecular complexity index is 674. The number of nitrogens with zero attached hydrogens (tertiary/aromatic N) is 1. The molecule has 0 aliphatic heterocycles. The lowest BCUT2D eigenvalue weighted by atomic mass is 10.2. The summed E-state index contributed by atoms with van der Waals surface area (Å²) < 4.78 is 29.3. The summed E-state index contributed by atoms with van der Waals surface area (Å²) in [4.78, 5) is 12.1. The van der Waals surface area contributed by atoms with Crippen LogP contribution in [0.4, 0.5) is 5.69 Å². The Morgan fingerprint density at radius 3 is 2.64 bits per heavy atom. The number of amides is 1. The van der Waals surface area contributed by atoms with Crippen molar-refractivity contribution in [3.05, 3.63) is 35.4 Å². The van der Waals surface area contributed by atoms with Crippen molar-refractivity contribution in [1.29, 1.82) is 0 Å². The van der Waals surface area contributed by atoms with Crippen molar-refractivity contribution in [1.82, 2.24) is 4.31 Å². The zero-order chi connectivity index (χ0) is 16.9. The molecule has 0 atom stereocenters. The number of anilines is 1. The Morgan fingerprint density at radius 2 is 2.14 bits per heavy atom. The fraction of sp³-hybridized carbons (Fsp3) is 0.357. The van der Waals surface area contributed by atoms with E-state index in [2.05, 4.69) is 11.9 Å². The highest BCUT2D eigenvalue weighted by Crippen LogP contribution is 2.30. The zero-order valence-corrected chi connectivity index (χ0v) is 14.3. The zero-order valence-electron chi connectivity index (χ0n) is 12.7. The van der Waals surface area contributed by atoms with Crippen molar-refractivity contribution in [2.75, 3.05) is 31.8 Å². The highest BCUT2D eigenvalue weighted by atomic mass is 35.5. The first kappa shape index (κ1) is 18.5. The van der Waals surface area contributed by atoms with Crippen molar-refractivity contribution < 1.29 is 17.9 Å². The van der Waals surface area contributed by atoms with E-state index in [0.717, 1.165) is 16.1 Å². The molecule has 0 aliphatic carbocycles. The second-order valence-corrected chi connectivity index (χ2v) is 7.08. The second-order valence-electron chi connectivity index (χ2n) is 4.69. The average Bonchev–Trinajstić information content (AvgIpc) is 2.41. The molecule has 6 nitrogen and oxygen atoms in total. The average molecular weight is 347 g/mol. The van der Waals surface area contributed by atoms with E-state index < -0.39 is 15.9 Å². The first-order chi connectivity index (χ1) is 10.2. The second kappa shape index (κ2) is 7.62. The van der Waals surface area contributed by atoms with Crippen LogP contribution in [0.2, 0.25) is 5.02 Å². The minimum absolute atomic E-state index is 0.0586. The number of carbonyl (C=O) groups is 1. The van der Waals surface area contributed by atoms with Crippen molar-refractivity contribution in [2.24, 2.45) is 0 Å². The minimum atomic E-state index is -3.50. The number of nitrogens with one attached hydrogen (secondary N) is 1. The van der Waals surface area contributed by atoms with Crippen LogP contribution < -0.4 is 10.1 Å². The van der Waals surface area contributed by atoms with Crippen LogP contribution in [0.3, 0.4) is 0 Å². The smallest absolute Gasteiger partial charge is 0.239 e. The molecule has 0 unspecified atom stereocenters. The summed E-state index contributed by atoms with van der Waals surface area (Å²) in [6.07, 6.45) is 2.46. The number of hydrogen-bond donors (Lipinski definition) is 1. The number of rotatable bonds is 7. The first-order valence-electron chi connectivity index (χ1n) is 6.39. The fourth-order valence-electron chi connectivity index (χ4n) is 1.74. The molecule has 0 saturated carbocycles. The van der Waals surface area contributed by atoms with E-state index in [0.29, 0.717) is 16.5 Å². The molecule has 0 bridgehead atoms. The van der Waals surface area contributed by atoms with E-state index in [9.17, 15) is 13.2 Å². The lowest BCUT2D eigenvalue weighted by molar-refractivity contribution is -0.116. The van der Waals surface area contributed by atoms with Gasteiger partial charge in [-0.2, -0.15) is 4.31 Å². The number of methoxy groups -OCH3 is 1. The number of sulfonamides is 1. The quantitative estimate of drug-likeness (QED) is 0.767. The molecule has 0 spiro atoms. The number of hydrogen-bond acceptors (Lipinski definition) is 4. The summed E-state index contributed by atoms with van der Waals surface area (Å²) in [5, 5.41) is 3.14. The van der Waals surface area contributed by atoms with Crippen molar-refractivity contribution in [2.45, 2.75) is 6.92 Å². The molecule has 0 saturated heterocycles. The molecule has 0 fully saturated rings. The highest BCUT2D eigenvalue weighted by molar-refractivity contribution is 7.88. The van der Waals surface area contributed by atoms with Gasteiger partial charge in [-0.1, -0.05) is 17.7 Å². The number of ether oxygens (including phenoxy) is 1. The van der Waals surface area contributed by atoms with Gasteiger partial charge >= 0.3 is 0 Å². The van der Waals surface area contributed by atoms with Crippen LogP contribution in [-0.4, -0.2) is 45.1 Å². The van der Waals surface area contributed by atoms with Crippen LogP contribution in [0, 0.1) is 6.92 Å².